The second-order valence-corrected chi connectivity index (χ2v) is 7.18. The second-order valence-electron chi connectivity index (χ2n) is 6.13. The molecule has 0 aliphatic heterocycles. The Kier molecular flexibility index (Phi) is 6.07. The summed E-state index contributed by atoms with van der Waals surface area (Å²) in [7, 11) is 1.72. The zero-order valence-electron chi connectivity index (χ0n) is 15.2. The molecule has 9 heteroatoms. The fourth-order valence-electron chi connectivity index (χ4n) is 2.53. The quantitative estimate of drug-likeness (QED) is 0.475. The number of carbonyl (C=O) groups excluding carboxylic acids is 2. The van der Waals surface area contributed by atoms with Gasteiger partial charge in [-0.1, -0.05) is 6.07 Å². The fraction of sp³-hybridized carbons (Fsp3) is 0.150. The lowest BCUT2D eigenvalue weighted by Gasteiger charge is -2.09. The molecule has 150 valence electrons. The van der Waals surface area contributed by atoms with Crippen molar-refractivity contribution in [3.8, 4) is 0 Å². The summed E-state index contributed by atoms with van der Waals surface area (Å²) in [5, 5.41) is 2.66. The molecule has 3 aromatic rings. The normalized spacial score (nSPS) is 11.3. The van der Waals surface area contributed by atoms with E-state index < -0.39 is 11.7 Å². The summed E-state index contributed by atoms with van der Waals surface area (Å²) in [6.07, 6.45) is -1.22. The molecule has 2 aromatic carbocycles. The van der Waals surface area contributed by atoms with Gasteiger partial charge < -0.3 is 9.88 Å². The van der Waals surface area contributed by atoms with Crippen LogP contribution >= 0.6 is 11.8 Å². The van der Waals surface area contributed by atoms with Crippen LogP contribution in [0.4, 0.5) is 18.9 Å². The van der Waals surface area contributed by atoms with Crippen LogP contribution in [-0.4, -0.2) is 27.0 Å². The van der Waals surface area contributed by atoms with E-state index >= 15 is 0 Å². The van der Waals surface area contributed by atoms with Gasteiger partial charge in [-0.2, -0.15) is 13.2 Å². The molecule has 29 heavy (non-hydrogen) atoms. The van der Waals surface area contributed by atoms with Gasteiger partial charge >= 0.3 is 6.18 Å². The molecule has 0 aliphatic carbocycles. The van der Waals surface area contributed by atoms with Gasteiger partial charge in [-0.3, -0.25) is 9.59 Å². The van der Waals surface area contributed by atoms with Gasteiger partial charge in [0.25, 0.3) is 0 Å². The molecule has 1 heterocycles. The minimum atomic E-state index is -4.42. The van der Waals surface area contributed by atoms with E-state index in [1.807, 2.05) is 0 Å². The van der Waals surface area contributed by atoms with Gasteiger partial charge in [-0.05, 0) is 42.5 Å². The number of nitrogens with zero attached hydrogens (tertiary/aromatic N) is 2. The van der Waals surface area contributed by atoms with Crippen LogP contribution in [0, 0.1) is 0 Å². The third-order valence-electron chi connectivity index (χ3n) is 3.99. The van der Waals surface area contributed by atoms with Crippen LogP contribution in [0.1, 0.15) is 21.7 Å². The van der Waals surface area contributed by atoms with E-state index in [4.69, 9.17) is 0 Å². The van der Waals surface area contributed by atoms with Gasteiger partial charge in [-0.25, -0.2) is 4.98 Å². The largest absolute Gasteiger partial charge is 0.416 e. The Hall–Kier alpha value is -3.07. The predicted octanol–water partition coefficient (Wildman–Crippen LogP) is 4.40. The number of aryl methyl sites for hydroxylation is 1. The summed E-state index contributed by atoms with van der Waals surface area (Å²) in [4.78, 5) is 28.8. The number of thioether (sulfide) groups is 1. The van der Waals surface area contributed by atoms with Crippen molar-refractivity contribution in [1.29, 1.82) is 0 Å². The lowest BCUT2D eigenvalue weighted by molar-refractivity contribution is -0.137. The smallest absolute Gasteiger partial charge is 0.331 e. The van der Waals surface area contributed by atoms with Crippen molar-refractivity contribution in [3.63, 3.8) is 0 Å². The number of amides is 1. The molecular weight excluding hydrogens is 403 g/mol. The monoisotopic (exact) mass is 419 g/mol. The zero-order valence-corrected chi connectivity index (χ0v) is 16.1. The maximum atomic E-state index is 12.7. The Balaban J connectivity index is 1.57. The molecule has 3 rings (SSSR count). The van der Waals surface area contributed by atoms with E-state index in [1.165, 1.54) is 18.3 Å². The van der Waals surface area contributed by atoms with Crippen molar-refractivity contribution >= 4 is 29.1 Å². The zero-order chi connectivity index (χ0) is 21.0. The average molecular weight is 419 g/mol. The van der Waals surface area contributed by atoms with E-state index in [1.54, 1.807) is 42.1 Å². The Morgan fingerprint density at radius 3 is 2.48 bits per heavy atom. The first kappa shape index (κ1) is 20.7. The van der Waals surface area contributed by atoms with Crippen LogP contribution in [0.15, 0.2) is 65.8 Å². The molecule has 1 amide bonds. The molecule has 0 unspecified atom stereocenters. The number of ketones is 1. The molecule has 0 atom stereocenters. The highest BCUT2D eigenvalue weighted by Gasteiger charge is 2.30. The van der Waals surface area contributed by atoms with Gasteiger partial charge in [0.1, 0.15) is 0 Å². The maximum absolute atomic E-state index is 12.7. The van der Waals surface area contributed by atoms with Gasteiger partial charge in [0.2, 0.25) is 11.7 Å². The molecule has 0 saturated heterocycles. The highest BCUT2D eigenvalue weighted by Crippen LogP contribution is 2.31. The van der Waals surface area contributed by atoms with Gasteiger partial charge in [0.05, 0.1) is 11.3 Å². The van der Waals surface area contributed by atoms with Crippen molar-refractivity contribution in [3.05, 3.63) is 77.9 Å². The van der Waals surface area contributed by atoms with Crippen LogP contribution in [0.2, 0.25) is 0 Å². The molecule has 1 N–H and O–H groups in total. The number of aromatic nitrogens is 2. The summed E-state index contributed by atoms with van der Waals surface area (Å²) in [6, 6.07) is 11.1. The number of anilines is 1. The summed E-state index contributed by atoms with van der Waals surface area (Å²) in [5.41, 5.74) is 0.155. The van der Waals surface area contributed by atoms with Gasteiger partial charge in [0.15, 0.2) is 5.82 Å². The highest BCUT2D eigenvalue weighted by molar-refractivity contribution is 8.00. The van der Waals surface area contributed by atoms with E-state index in [2.05, 4.69) is 10.3 Å². The first-order chi connectivity index (χ1) is 13.7. The summed E-state index contributed by atoms with van der Waals surface area (Å²) in [6.45, 7) is 0. The molecular formula is C20H16F3N3O2S. The lowest BCUT2D eigenvalue weighted by Crippen LogP contribution is -2.14. The number of hydrogen-bond donors (Lipinski definition) is 1. The van der Waals surface area contributed by atoms with Crippen molar-refractivity contribution in [2.45, 2.75) is 11.1 Å². The van der Waals surface area contributed by atoms with Gasteiger partial charge in [0, 0.05) is 35.6 Å². The van der Waals surface area contributed by atoms with Crippen LogP contribution in [0.3, 0.4) is 0 Å². The fourth-order valence-corrected chi connectivity index (χ4v) is 3.28. The maximum Gasteiger partial charge on any atom is 0.416 e. The van der Waals surface area contributed by atoms with Crippen molar-refractivity contribution in [1.82, 2.24) is 9.55 Å². The van der Waals surface area contributed by atoms with Crippen molar-refractivity contribution in [2.75, 3.05) is 11.1 Å². The molecule has 5 nitrogen and oxygen atoms in total. The molecule has 1 aromatic heterocycles. The Morgan fingerprint density at radius 1 is 1.14 bits per heavy atom. The molecule has 0 bridgehead atoms. The Bertz CT molecular complexity index is 1030. The average Bonchev–Trinajstić information content (AvgIpc) is 3.12. The number of carbonyl (C=O) groups is 2. The van der Waals surface area contributed by atoms with Crippen LogP contribution in [-0.2, 0) is 18.0 Å². The molecule has 0 radical (unpaired) electrons. The Morgan fingerprint density at radius 2 is 1.86 bits per heavy atom. The van der Waals surface area contributed by atoms with E-state index in [0.29, 0.717) is 22.0 Å². The third kappa shape index (κ3) is 5.26. The van der Waals surface area contributed by atoms with Crippen molar-refractivity contribution in [2.24, 2.45) is 7.05 Å². The van der Waals surface area contributed by atoms with Crippen LogP contribution < -0.4 is 5.32 Å². The van der Waals surface area contributed by atoms with Gasteiger partial charge in [-0.15, -0.1) is 11.8 Å². The number of rotatable bonds is 6. The van der Waals surface area contributed by atoms with E-state index in [0.717, 1.165) is 23.9 Å². The van der Waals surface area contributed by atoms with Crippen LogP contribution in [0.5, 0.6) is 0 Å². The minimum Gasteiger partial charge on any atom is -0.331 e. The van der Waals surface area contributed by atoms with E-state index in [9.17, 15) is 22.8 Å². The molecule has 0 aliphatic rings. The SMILES string of the molecule is Cn1ccnc1C(=O)c1ccc(NC(=O)CSc2cccc(C(F)(F)F)c2)cc1. The first-order valence-electron chi connectivity index (χ1n) is 8.46. The number of nitrogens with one attached hydrogen (secondary N) is 1. The van der Waals surface area contributed by atoms with Crippen molar-refractivity contribution < 1.29 is 22.8 Å². The second kappa shape index (κ2) is 8.52. The third-order valence-corrected chi connectivity index (χ3v) is 4.98. The topological polar surface area (TPSA) is 64.0 Å². The number of hydrogen-bond acceptors (Lipinski definition) is 4. The minimum absolute atomic E-state index is 0.0464. The summed E-state index contributed by atoms with van der Waals surface area (Å²) < 4.78 is 39.8. The highest BCUT2D eigenvalue weighted by atomic mass is 32.2. The number of halogens is 3. The van der Waals surface area contributed by atoms with Crippen LogP contribution in [0.25, 0.3) is 0 Å². The predicted molar refractivity (Wildman–Crippen MR) is 104 cm³/mol. The number of imidazole rings is 1. The molecule has 0 saturated carbocycles. The van der Waals surface area contributed by atoms with E-state index in [-0.39, 0.29) is 17.4 Å². The first-order valence-corrected chi connectivity index (χ1v) is 9.44. The summed E-state index contributed by atoms with van der Waals surface area (Å²) in [5.74, 6) is -0.347. The summed E-state index contributed by atoms with van der Waals surface area (Å²) >= 11 is 1.01. The Labute approximate surface area is 169 Å². The molecule has 0 spiro atoms. The molecule has 0 fully saturated rings. The standard InChI is InChI=1S/C20H16F3N3O2S/c1-26-10-9-24-19(26)18(28)13-5-7-15(8-6-13)25-17(27)12-29-16-4-2-3-14(11-16)20(21,22)23/h2-11H,12H2,1H3,(H,25,27). The lowest BCUT2D eigenvalue weighted by atomic mass is 10.1. The number of alkyl halides is 3. The number of benzene rings is 2.